The number of halogens is 1. The van der Waals surface area contributed by atoms with Crippen molar-refractivity contribution in [3.63, 3.8) is 0 Å². The summed E-state index contributed by atoms with van der Waals surface area (Å²) in [5.41, 5.74) is -0.158. The molecule has 0 saturated heterocycles. The van der Waals surface area contributed by atoms with Crippen molar-refractivity contribution in [2.75, 3.05) is 7.11 Å². The van der Waals surface area contributed by atoms with E-state index in [1.807, 2.05) is 0 Å². The molecule has 0 heterocycles. The number of ether oxygens (including phenoxy) is 1. The van der Waals surface area contributed by atoms with E-state index in [0.29, 0.717) is 0 Å². The number of aliphatic hydroxyl groups is 3. The molecule has 5 nitrogen and oxygen atoms in total. The van der Waals surface area contributed by atoms with Gasteiger partial charge in [0.1, 0.15) is 11.9 Å². The van der Waals surface area contributed by atoms with Gasteiger partial charge in [-0.3, -0.25) is 4.79 Å². The van der Waals surface area contributed by atoms with Gasteiger partial charge in [0.2, 0.25) is 0 Å². The minimum Gasteiger partial charge on any atom is -0.469 e. The fraction of sp³-hybridized carbons (Fsp3) is 0.417. The van der Waals surface area contributed by atoms with Gasteiger partial charge in [-0.1, -0.05) is 18.2 Å². The Hall–Kier alpha value is -1.50. The van der Waals surface area contributed by atoms with Crippen LogP contribution in [0, 0.1) is 5.82 Å². The molecule has 0 saturated carbocycles. The van der Waals surface area contributed by atoms with Crippen LogP contribution >= 0.6 is 0 Å². The topological polar surface area (TPSA) is 87.0 Å². The van der Waals surface area contributed by atoms with E-state index in [9.17, 15) is 19.4 Å². The normalized spacial score (nSPS) is 14.1. The summed E-state index contributed by atoms with van der Waals surface area (Å²) in [7, 11) is 1.15. The largest absolute Gasteiger partial charge is 0.469 e. The second kappa shape index (κ2) is 6.44. The fourth-order valence-corrected chi connectivity index (χ4v) is 1.52. The van der Waals surface area contributed by atoms with Crippen LogP contribution in [0.25, 0.3) is 0 Å². The fourth-order valence-electron chi connectivity index (χ4n) is 1.52. The molecule has 0 aliphatic heterocycles. The lowest BCUT2D eigenvalue weighted by Crippen LogP contribution is -2.23. The Kier molecular flexibility index (Phi) is 5.21. The van der Waals surface area contributed by atoms with Crippen LogP contribution in [0.5, 0.6) is 0 Å². The first-order valence-electron chi connectivity index (χ1n) is 5.32. The number of methoxy groups -OCH3 is 1. The molecule has 0 spiro atoms. The zero-order valence-electron chi connectivity index (χ0n) is 9.84. The molecule has 0 amide bonds. The van der Waals surface area contributed by atoms with E-state index in [1.54, 1.807) is 0 Å². The number of benzene rings is 1. The van der Waals surface area contributed by atoms with E-state index in [1.165, 1.54) is 18.2 Å². The van der Waals surface area contributed by atoms with Crippen molar-refractivity contribution in [2.24, 2.45) is 0 Å². The molecule has 3 N–H and O–H groups in total. The van der Waals surface area contributed by atoms with E-state index in [2.05, 4.69) is 4.74 Å². The second-order valence-corrected chi connectivity index (χ2v) is 3.77. The molecule has 6 heteroatoms. The van der Waals surface area contributed by atoms with E-state index in [0.717, 1.165) is 7.11 Å². The third kappa shape index (κ3) is 3.25. The number of esters is 1. The molecule has 0 bridgehead atoms. The zero-order valence-corrected chi connectivity index (χ0v) is 9.84. The monoisotopic (exact) mass is 258 g/mol. The van der Waals surface area contributed by atoms with Crippen LogP contribution in [0.1, 0.15) is 23.7 Å². The summed E-state index contributed by atoms with van der Waals surface area (Å²) in [6.45, 7) is -0.514. The number of hydrogen-bond acceptors (Lipinski definition) is 5. The number of aliphatic hydroxyl groups excluding tert-OH is 3. The molecule has 2 unspecified atom stereocenters. The summed E-state index contributed by atoms with van der Waals surface area (Å²) < 4.78 is 18.1. The maximum Gasteiger partial charge on any atom is 0.308 e. The van der Waals surface area contributed by atoms with Crippen LogP contribution < -0.4 is 0 Å². The molecule has 0 fully saturated rings. The quantitative estimate of drug-likeness (QED) is 0.660. The third-order valence-electron chi connectivity index (χ3n) is 2.57. The van der Waals surface area contributed by atoms with Crippen LogP contribution in [0.4, 0.5) is 4.39 Å². The first-order chi connectivity index (χ1) is 8.51. The second-order valence-electron chi connectivity index (χ2n) is 3.77. The van der Waals surface area contributed by atoms with Gasteiger partial charge in [-0.05, 0) is 0 Å². The molecule has 2 atom stereocenters. The van der Waals surface area contributed by atoms with Crippen LogP contribution in [0.2, 0.25) is 0 Å². The minimum absolute atomic E-state index is 0.0109. The summed E-state index contributed by atoms with van der Waals surface area (Å²) in [6.07, 6.45) is -3.48. The zero-order chi connectivity index (χ0) is 13.7. The SMILES string of the molecule is COC(=O)CC(O)C(O)c1cccc(CO)c1F. The van der Waals surface area contributed by atoms with E-state index < -0.39 is 37.0 Å². The molecular weight excluding hydrogens is 243 g/mol. The summed E-state index contributed by atoms with van der Waals surface area (Å²) in [5, 5.41) is 28.2. The van der Waals surface area contributed by atoms with Crippen LogP contribution in [-0.2, 0) is 16.1 Å². The Bertz CT molecular complexity index is 421. The van der Waals surface area contributed by atoms with Crippen molar-refractivity contribution in [2.45, 2.75) is 25.2 Å². The summed E-state index contributed by atoms with van der Waals surface area (Å²) in [4.78, 5) is 10.9. The molecule has 18 heavy (non-hydrogen) atoms. The van der Waals surface area contributed by atoms with Gasteiger partial charge >= 0.3 is 5.97 Å². The lowest BCUT2D eigenvalue weighted by Gasteiger charge is -2.18. The van der Waals surface area contributed by atoms with Gasteiger partial charge in [0.25, 0.3) is 0 Å². The van der Waals surface area contributed by atoms with Crippen molar-refractivity contribution in [3.05, 3.63) is 35.1 Å². The Morgan fingerprint density at radius 2 is 2.11 bits per heavy atom. The maximum absolute atomic E-state index is 13.8. The van der Waals surface area contributed by atoms with Gasteiger partial charge in [-0.25, -0.2) is 4.39 Å². The van der Waals surface area contributed by atoms with E-state index in [4.69, 9.17) is 5.11 Å². The number of hydrogen-bond donors (Lipinski definition) is 3. The van der Waals surface area contributed by atoms with Gasteiger partial charge in [0.15, 0.2) is 0 Å². The number of rotatable bonds is 5. The summed E-state index contributed by atoms with van der Waals surface area (Å²) in [6, 6.07) is 4.08. The molecule has 1 aromatic carbocycles. The standard InChI is InChI=1S/C12H15FO5/c1-18-10(16)5-9(15)12(17)8-4-2-3-7(6-14)11(8)13/h2-4,9,12,14-15,17H,5-6H2,1H3. The first kappa shape index (κ1) is 14.6. The summed E-state index contributed by atoms with van der Waals surface area (Å²) in [5.74, 6) is -1.50. The highest BCUT2D eigenvalue weighted by Gasteiger charge is 2.25. The molecule has 0 aliphatic rings. The van der Waals surface area contributed by atoms with Crippen molar-refractivity contribution < 1.29 is 29.2 Å². The molecule has 1 rings (SSSR count). The molecular formula is C12H15FO5. The van der Waals surface area contributed by atoms with Crippen molar-refractivity contribution in [1.29, 1.82) is 0 Å². The highest BCUT2D eigenvalue weighted by atomic mass is 19.1. The predicted octanol–water partition coefficient (Wildman–Crippen LogP) is 0.275. The van der Waals surface area contributed by atoms with E-state index in [-0.39, 0.29) is 11.1 Å². The average Bonchev–Trinajstić information content (AvgIpc) is 2.38. The highest BCUT2D eigenvalue weighted by Crippen LogP contribution is 2.24. The minimum atomic E-state index is -1.56. The summed E-state index contributed by atoms with van der Waals surface area (Å²) >= 11 is 0. The van der Waals surface area contributed by atoms with Crippen molar-refractivity contribution in [1.82, 2.24) is 0 Å². The molecule has 100 valence electrons. The number of carbonyl (C=O) groups excluding carboxylic acids is 1. The average molecular weight is 258 g/mol. The lowest BCUT2D eigenvalue weighted by atomic mass is 9.99. The molecule has 1 aromatic rings. The van der Waals surface area contributed by atoms with Gasteiger partial charge in [0.05, 0.1) is 26.2 Å². The molecule has 0 aromatic heterocycles. The lowest BCUT2D eigenvalue weighted by molar-refractivity contribution is -0.144. The van der Waals surface area contributed by atoms with E-state index >= 15 is 0 Å². The van der Waals surface area contributed by atoms with Gasteiger partial charge < -0.3 is 20.1 Å². The third-order valence-corrected chi connectivity index (χ3v) is 2.57. The Morgan fingerprint density at radius 1 is 1.44 bits per heavy atom. The Labute approximate surface area is 103 Å². The van der Waals surface area contributed by atoms with Gasteiger partial charge in [-0.15, -0.1) is 0 Å². The highest BCUT2D eigenvalue weighted by molar-refractivity contribution is 5.69. The molecule has 0 radical (unpaired) electrons. The van der Waals surface area contributed by atoms with Crippen LogP contribution in [0.3, 0.4) is 0 Å². The van der Waals surface area contributed by atoms with Crippen LogP contribution in [-0.4, -0.2) is 34.5 Å². The Balaban J connectivity index is 2.89. The van der Waals surface area contributed by atoms with Crippen molar-refractivity contribution in [3.8, 4) is 0 Å². The van der Waals surface area contributed by atoms with Crippen molar-refractivity contribution >= 4 is 5.97 Å². The van der Waals surface area contributed by atoms with Gasteiger partial charge in [-0.2, -0.15) is 0 Å². The molecule has 0 aliphatic carbocycles. The number of carbonyl (C=O) groups is 1. The smallest absolute Gasteiger partial charge is 0.308 e. The Morgan fingerprint density at radius 3 is 2.67 bits per heavy atom. The van der Waals surface area contributed by atoms with Crippen LogP contribution in [0.15, 0.2) is 18.2 Å². The maximum atomic E-state index is 13.8. The predicted molar refractivity (Wildman–Crippen MR) is 59.9 cm³/mol. The van der Waals surface area contributed by atoms with Gasteiger partial charge in [0, 0.05) is 11.1 Å². The first-order valence-corrected chi connectivity index (χ1v) is 5.32.